The SMILES string of the molecule is CN=C1NS(=O)(=O)c2c(F)ccc(OC)c21. The van der Waals surface area contributed by atoms with Crippen LogP contribution < -0.4 is 9.46 Å². The van der Waals surface area contributed by atoms with E-state index in [0.29, 0.717) is 0 Å². The molecular formula is C9H9FN2O3S. The Hall–Kier alpha value is -1.63. The van der Waals surface area contributed by atoms with Crippen molar-refractivity contribution >= 4 is 15.9 Å². The predicted molar refractivity (Wildman–Crippen MR) is 55.7 cm³/mol. The maximum atomic E-state index is 13.5. The molecule has 0 spiro atoms. The van der Waals surface area contributed by atoms with Crippen molar-refractivity contribution in [3.8, 4) is 5.75 Å². The van der Waals surface area contributed by atoms with Crippen molar-refractivity contribution in [3.63, 3.8) is 0 Å². The minimum Gasteiger partial charge on any atom is -0.496 e. The van der Waals surface area contributed by atoms with E-state index < -0.39 is 20.7 Å². The van der Waals surface area contributed by atoms with Crippen LogP contribution in [-0.2, 0) is 10.0 Å². The monoisotopic (exact) mass is 244 g/mol. The maximum Gasteiger partial charge on any atom is 0.266 e. The van der Waals surface area contributed by atoms with Crippen molar-refractivity contribution in [3.05, 3.63) is 23.5 Å². The lowest BCUT2D eigenvalue weighted by atomic mass is 10.2. The van der Waals surface area contributed by atoms with Crippen molar-refractivity contribution in [2.75, 3.05) is 14.2 Å². The van der Waals surface area contributed by atoms with E-state index >= 15 is 0 Å². The molecule has 0 aromatic heterocycles. The zero-order chi connectivity index (χ0) is 11.9. The molecule has 0 bridgehead atoms. The molecular weight excluding hydrogens is 235 g/mol. The highest BCUT2D eigenvalue weighted by Gasteiger charge is 2.36. The normalized spacial score (nSPS) is 19.3. The molecule has 1 N–H and O–H groups in total. The Kier molecular flexibility index (Phi) is 2.34. The molecule has 0 aliphatic carbocycles. The summed E-state index contributed by atoms with van der Waals surface area (Å²) < 4.78 is 43.9. The first-order valence-electron chi connectivity index (χ1n) is 4.37. The Labute approximate surface area is 92.0 Å². The van der Waals surface area contributed by atoms with Gasteiger partial charge in [-0.2, -0.15) is 0 Å². The van der Waals surface area contributed by atoms with Gasteiger partial charge in [0, 0.05) is 7.05 Å². The topological polar surface area (TPSA) is 67.8 Å². The van der Waals surface area contributed by atoms with Crippen molar-refractivity contribution < 1.29 is 17.5 Å². The summed E-state index contributed by atoms with van der Waals surface area (Å²) in [5, 5.41) is 0. The van der Waals surface area contributed by atoms with Gasteiger partial charge in [-0.3, -0.25) is 9.71 Å². The summed E-state index contributed by atoms with van der Waals surface area (Å²) >= 11 is 0. The lowest BCUT2D eigenvalue weighted by Gasteiger charge is -2.05. The Morgan fingerprint density at radius 1 is 1.44 bits per heavy atom. The van der Waals surface area contributed by atoms with Gasteiger partial charge in [0.05, 0.1) is 12.7 Å². The van der Waals surface area contributed by atoms with E-state index in [2.05, 4.69) is 9.71 Å². The van der Waals surface area contributed by atoms with Gasteiger partial charge in [-0.25, -0.2) is 12.8 Å². The number of fused-ring (bicyclic) bond motifs is 1. The van der Waals surface area contributed by atoms with E-state index in [-0.39, 0.29) is 17.1 Å². The first-order chi connectivity index (χ1) is 7.51. The molecule has 1 aromatic rings. The molecule has 5 nitrogen and oxygen atoms in total. The number of nitrogens with one attached hydrogen (secondary N) is 1. The molecule has 1 aliphatic heterocycles. The Morgan fingerprint density at radius 3 is 2.69 bits per heavy atom. The predicted octanol–water partition coefficient (Wildman–Crippen LogP) is 0.503. The average Bonchev–Trinajstić information content (AvgIpc) is 2.52. The zero-order valence-corrected chi connectivity index (χ0v) is 9.43. The maximum absolute atomic E-state index is 13.5. The highest BCUT2D eigenvalue weighted by atomic mass is 32.2. The lowest BCUT2D eigenvalue weighted by molar-refractivity contribution is 0.410. The molecule has 0 radical (unpaired) electrons. The zero-order valence-electron chi connectivity index (χ0n) is 8.61. The molecule has 1 aromatic carbocycles. The number of sulfonamides is 1. The van der Waals surface area contributed by atoms with Crippen LogP contribution in [0, 0.1) is 5.82 Å². The van der Waals surface area contributed by atoms with Crippen molar-refractivity contribution in [2.24, 2.45) is 4.99 Å². The summed E-state index contributed by atoms with van der Waals surface area (Å²) in [6, 6.07) is 2.41. The fourth-order valence-electron chi connectivity index (χ4n) is 1.58. The van der Waals surface area contributed by atoms with E-state index in [1.54, 1.807) is 0 Å². The number of rotatable bonds is 1. The minimum atomic E-state index is -3.87. The minimum absolute atomic E-state index is 0.0892. The second-order valence-electron chi connectivity index (χ2n) is 3.13. The first kappa shape index (κ1) is 10.9. The fourth-order valence-corrected chi connectivity index (χ4v) is 2.92. The molecule has 86 valence electrons. The summed E-state index contributed by atoms with van der Waals surface area (Å²) in [6.45, 7) is 0. The quantitative estimate of drug-likeness (QED) is 0.782. The number of methoxy groups -OCH3 is 1. The van der Waals surface area contributed by atoms with Gasteiger partial charge in [-0.05, 0) is 12.1 Å². The Morgan fingerprint density at radius 2 is 2.12 bits per heavy atom. The lowest BCUT2D eigenvalue weighted by Crippen LogP contribution is -2.22. The summed E-state index contributed by atoms with van der Waals surface area (Å²) in [5.74, 6) is -0.459. The van der Waals surface area contributed by atoms with Crippen LogP contribution >= 0.6 is 0 Å². The van der Waals surface area contributed by atoms with Crippen LogP contribution in [0.1, 0.15) is 5.56 Å². The largest absolute Gasteiger partial charge is 0.496 e. The molecule has 0 atom stereocenters. The second-order valence-corrected chi connectivity index (χ2v) is 4.75. The van der Waals surface area contributed by atoms with E-state index in [0.717, 1.165) is 6.07 Å². The summed E-state index contributed by atoms with van der Waals surface area (Å²) in [6.07, 6.45) is 0. The van der Waals surface area contributed by atoms with Gasteiger partial charge in [0.15, 0.2) is 0 Å². The van der Waals surface area contributed by atoms with Crippen molar-refractivity contribution in [2.45, 2.75) is 4.90 Å². The molecule has 0 saturated carbocycles. The molecule has 2 rings (SSSR count). The standard InChI is InChI=1S/C9H9FN2O3S/c1-11-9-7-6(15-2)4-3-5(10)8(7)16(13,14)12-9/h3-4H,1-2H3,(H,11,12). The summed E-state index contributed by atoms with van der Waals surface area (Å²) in [4.78, 5) is 3.34. The van der Waals surface area contributed by atoms with Gasteiger partial charge >= 0.3 is 0 Å². The number of benzene rings is 1. The van der Waals surface area contributed by atoms with Gasteiger partial charge in [0.25, 0.3) is 10.0 Å². The number of hydrogen-bond donors (Lipinski definition) is 1. The molecule has 0 amide bonds. The number of amidine groups is 1. The second kappa shape index (κ2) is 3.44. The molecule has 1 aliphatic rings. The van der Waals surface area contributed by atoms with Crippen molar-refractivity contribution in [1.29, 1.82) is 0 Å². The molecule has 1 heterocycles. The molecule has 0 saturated heterocycles. The highest BCUT2D eigenvalue weighted by Crippen LogP contribution is 2.32. The number of ether oxygens (including phenoxy) is 1. The van der Waals surface area contributed by atoms with Gasteiger partial charge in [-0.15, -0.1) is 0 Å². The molecule has 7 heteroatoms. The highest BCUT2D eigenvalue weighted by molar-refractivity contribution is 7.90. The van der Waals surface area contributed by atoms with Crippen LogP contribution in [0.3, 0.4) is 0 Å². The van der Waals surface area contributed by atoms with E-state index in [1.807, 2.05) is 0 Å². The van der Waals surface area contributed by atoms with Crippen molar-refractivity contribution in [1.82, 2.24) is 4.72 Å². The number of nitrogens with zero attached hydrogens (tertiary/aromatic N) is 1. The third-order valence-electron chi connectivity index (χ3n) is 2.25. The van der Waals surface area contributed by atoms with Gasteiger partial charge in [0.1, 0.15) is 22.3 Å². The van der Waals surface area contributed by atoms with E-state index in [1.165, 1.54) is 20.2 Å². The van der Waals surface area contributed by atoms with E-state index in [4.69, 9.17) is 4.74 Å². The first-order valence-corrected chi connectivity index (χ1v) is 5.86. The Bertz CT molecular complexity index is 581. The van der Waals surface area contributed by atoms with Crippen LogP contribution in [0.4, 0.5) is 4.39 Å². The summed E-state index contributed by atoms with van der Waals surface area (Å²) in [5.41, 5.74) is 0.144. The smallest absolute Gasteiger partial charge is 0.266 e. The number of aliphatic imine (C=N–C) groups is 1. The fraction of sp³-hybridized carbons (Fsp3) is 0.222. The number of halogens is 1. The third-order valence-corrected chi connectivity index (χ3v) is 3.65. The van der Waals surface area contributed by atoms with Crippen LogP contribution in [0.2, 0.25) is 0 Å². The molecule has 0 unspecified atom stereocenters. The molecule has 0 fully saturated rings. The van der Waals surface area contributed by atoms with Crippen LogP contribution in [0.15, 0.2) is 22.0 Å². The molecule has 16 heavy (non-hydrogen) atoms. The summed E-state index contributed by atoms with van der Waals surface area (Å²) in [7, 11) is -1.07. The van der Waals surface area contributed by atoms with Crippen LogP contribution in [0.5, 0.6) is 5.75 Å². The average molecular weight is 244 g/mol. The van der Waals surface area contributed by atoms with E-state index in [9.17, 15) is 12.8 Å². The van der Waals surface area contributed by atoms with Gasteiger partial charge in [0.2, 0.25) is 0 Å². The Balaban J connectivity index is 2.88. The van der Waals surface area contributed by atoms with Gasteiger partial charge in [-0.1, -0.05) is 0 Å². The third kappa shape index (κ3) is 1.35. The van der Waals surface area contributed by atoms with Gasteiger partial charge < -0.3 is 4.74 Å². The van der Waals surface area contributed by atoms with Crippen LogP contribution in [0.25, 0.3) is 0 Å². The number of hydrogen-bond acceptors (Lipinski definition) is 4. The van der Waals surface area contributed by atoms with Crippen LogP contribution in [-0.4, -0.2) is 28.4 Å².